The molecule has 37 heavy (non-hydrogen) atoms. The molecule has 4 aromatic rings. The van der Waals surface area contributed by atoms with E-state index >= 15 is 4.39 Å². The van der Waals surface area contributed by atoms with Crippen LogP contribution in [0.5, 0.6) is 0 Å². The smallest absolute Gasteiger partial charge is 0.247 e. The monoisotopic (exact) mass is 500 g/mol. The Morgan fingerprint density at radius 3 is 2.81 bits per heavy atom. The van der Waals surface area contributed by atoms with Crippen LogP contribution in [0.3, 0.4) is 0 Å². The molecule has 2 aromatic carbocycles. The van der Waals surface area contributed by atoms with Gasteiger partial charge in [0.15, 0.2) is 0 Å². The number of morpholine rings is 1. The summed E-state index contributed by atoms with van der Waals surface area (Å²) in [6.45, 7) is 4.92. The van der Waals surface area contributed by atoms with Gasteiger partial charge in [0.2, 0.25) is 11.9 Å². The highest BCUT2D eigenvalue weighted by molar-refractivity contribution is 6.00. The predicted octanol–water partition coefficient (Wildman–Crippen LogP) is 3.51. The first kappa shape index (κ1) is 24.4. The fraction of sp³-hybridized carbons (Fsp3) is 0.185. The molecule has 1 atom stereocenters. The molecule has 9 nitrogen and oxygen atoms in total. The van der Waals surface area contributed by atoms with Gasteiger partial charge >= 0.3 is 0 Å². The zero-order valence-corrected chi connectivity index (χ0v) is 19.9. The maximum atomic E-state index is 15.1. The number of hydrogen-bond donors (Lipinski definition) is 4. The first-order chi connectivity index (χ1) is 18.0. The minimum Gasteiger partial charge on any atom is -0.393 e. The lowest BCUT2D eigenvalue weighted by atomic mass is 9.98. The van der Waals surface area contributed by atoms with Crippen LogP contribution in [-0.2, 0) is 15.1 Å². The number of hydrogen-bond acceptors (Lipinski definition) is 8. The highest BCUT2D eigenvalue weighted by Crippen LogP contribution is 2.32. The average Bonchev–Trinajstić information content (AvgIpc) is 2.93. The van der Waals surface area contributed by atoms with E-state index in [1.165, 1.54) is 12.1 Å². The lowest BCUT2D eigenvalue weighted by Crippen LogP contribution is -2.50. The normalized spacial score (nSPS) is 17.4. The van der Waals surface area contributed by atoms with Crippen LogP contribution < -0.4 is 16.0 Å². The van der Waals surface area contributed by atoms with Gasteiger partial charge in [-0.05, 0) is 48.0 Å². The molecule has 1 saturated heterocycles. The van der Waals surface area contributed by atoms with Crippen molar-refractivity contribution in [3.05, 3.63) is 85.1 Å². The number of fused-ring (bicyclic) bond motifs is 1. The molecule has 0 radical (unpaired) electrons. The molecule has 188 valence electrons. The van der Waals surface area contributed by atoms with E-state index in [9.17, 15) is 9.90 Å². The van der Waals surface area contributed by atoms with E-state index in [0.717, 1.165) is 6.54 Å². The Kier molecular flexibility index (Phi) is 6.87. The second-order valence-corrected chi connectivity index (χ2v) is 8.56. The molecule has 1 aliphatic rings. The summed E-state index contributed by atoms with van der Waals surface area (Å²) >= 11 is 0. The number of anilines is 3. The molecule has 5 rings (SSSR count). The van der Waals surface area contributed by atoms with Crippen molar-refractivity contribution in [1.82, 2.24) is 20.3 Å². The number of amides is 1. The first-order valence-electron chi connectivity index (χ1n) is 11.7. The Balaban J connectivity index is 1.46. The van der Waals surface area contributed by atoms with Crippen LogP contribution in [0.4, 0.5) is 21.7 Å². The van der Waals surface area contributed by atoms with E-state index in [1.54, 1.807) is 54.9 Å². The number of aliphatic hydroxyl groups excluding tert-OH is 1. The molecule has 0 unspecified atom stereocenters. The lowest BCUT2D eigenvalue weighted by Gasteiger charge is -2.35. The molecule has 0 saturated carbocycles. The number of nitrogens with one attached hydrogen (secondary N) is 3. The van der Waals surface area contributed by atoms with Gasteiger partial charge < -0.3 is 25.8 Å². The largest absolute Gasteiger partial charge is 0.393 e. The molecule has 0 aliphatic carbocycles. The molecule has 1 aliphatic heterocycles. The van der Waals surface area contributed by atoms with Crippen molar-refractivity contribution >= 4 is 34.1 Å². The Hall–Kier alpha value is -4.25. The number of aliphatic hydroxyl groups is 1. The predicted molar refractivity (Wildman–Crippen MR) is 139 cm³/mol. The number of ether oxygens (including phenoxy) is 1. The Morgan fingerprint density at radius 2 is 2.08 bits per heavy atom. The molecule has 1 amide bonds. The number of carbonyl (C=O) groups is 1. The van der Waals surface area contributed by atoms with Crippen LogP contribution in [0.1, 0.15) is 5.69 Å². The standard InChI is InChI=1S/C27H25FN6O3/c1-2-23(36)32-19-5-3-4-17(12-19)24-21(28)8-6-18-13-31-26(34-25(18)24)33-20-7-9-22(30-14-20)27(16-35)15-29-10-11-37-27/h2-9,12-14,29,35H,1,10-11,15-16H2,(H,32,36)(H,31,33,34)/t27-/m1/s1. The van der Waals surface area contributed by atoms with Gasteiger partial charge in [0.05, 0.1) is 36.3 Å². The van der Waals surface area contributed by atoms with Gasteiger partial charge in [0.1, 0.15) is 11.4 Å². The zero-order chi connectivity index (χ0) is 25.8. The number of nitrogens with zero attached hydrogens (tertiary/aromatic N) is 3. The van der Waals surface area contributed by atoms with Crippen molar-refractivity contribution in [2.45, 2.75) is 5.60 Å². The Labute approximate surface area is 212 Å². The minimum absolute atomic E-state index is 0.194. The molecule has 2 aromatic heterocycles. The summed E-state index contributed by atoms with van der Waals surface area (Å²) in [6, 6.07) is 13.4. The molecular formula is C27H25FN6O3. The summed E-state index contributed by atoms with van der Waals surface area (Å²) < 4.78 is 20.9. The van der Waals surface area contributed by atoms with Crippen LogP contribution in [0.2, 0.25) is 0 Å². The lowest BCUT2D eigenvalue weighted by molar-refractivity contribution is -0.111. The quantitative estimate of drug-likeness (QED) is 0.285. The third-order valence-corrected chi connectivity index (χ3v) is 6.12. The van der Waals surface area contributed by atoms with Crippen molar-refractivity contribution in [3.8, 4) is 11.1 Å². The number of aromatic nitrogens is 3. The van der Waals surface area contributed by atoms with Gasteiger partial charge in [-0.2, -0.15) is 0 Å². The highest BCUT2D eigenvalue weighted by atomic mass is 19.1. The van der Waals surface area contributed by atoms with Crippen molar-refractivity contribution in [3.63, 3.8) is 0 Å². The summed E-state index contributed by atoms with van der Waals surface area (Å²) in [5.41, 5.74) is 2.11. The van der Waals surface area contributed by atoms with Crippen LogP contribution in [-0.4, -0.2) is 52.3 Å². The van der Waals surface area contributed by atoms with Crippen molar-refractivity contribution in [1.29, 1.82) is 0 Å². The number of rotatable bonds is 7. The van der Waals surface area contributed by atoms with Crippen LogP contribution >= 0.6 is 0 Å². The van der Waals surface area contributed by atoms with Gasteiger partial charge in [0, 0.05) is 35.9 Å². The fourth-order valence-electron chi connectivity index (χ4n) is 4.23. The maximum Gasteiger partial charge on any atom is 0.247 e. The number of pyridine rings is 1. The summed E-state index contributed by atoms with van der Waals surface area (Å²) in [5, 5.41) is 19.6. The number of carbonyl (C=O) groups excluding carboxylic acids is 1. The van der Waals surface area contributed by atoms with Gasteiger partial charge in [-0.15, -0.1) is 0 Å². The Bertz CT molecular complexity index is 1450. The third kappa shape index (κ3) is 5.03. The van der Waals surface area contributed by atoms with E-state index in [1.807, 2.05) is 0 Å². The summed E-state index contributed by atoms with van der Waals surface area (Å²) in [4.78, 5) is 25.1. The van der Waals surface area contributed by atoms with Crippen molar-refractivity contribution in [2.75, 3.05) is 36.9 Å². The van der Waals surface area contributed by atoms with E-state index in [0.29, 0.717) is 46.7 Å². The molecule has 3 heterocycles. The van der Waals surface area contributed by atoms with E-state index in [-0.39, 0.29) is 24.0 Å². The van der Waals surface area contributed by atoms with Crippen LogP contribution in [0, 0.1) is 5.82 Å². The molecule has 1 fully saturated rings. The van der Waals surface area contributed by atoms with E-state index in [2.05, 4.69) is 37.5 Å². The minimum atomic E-state index is -0.887. The zero-order valence-electron chi connectivity index (χ0n) is 19.9. The van der Waals surface area contributed by atoms with E-state index < -0.39 is 11.4 Å². The first-order valence-corrected chi connectivity index (χ1v) is 11.7. The van der Waals surface area contributed by atoms with Crippen LogP contribution in [0.25, 0.3) is 22.0 Å². The topological polar surface area (TPSA) is 121 Å². The fourth-order valence-corrected chi connectivity index (χ4v) is 4.23. The highest BCUT2D eigenvalue weighted by Gasteiger charge is 2.36. The van der Waals surface area contributed by atoms with Gasteiger partial charge in [-0.1, -0.05) is 18.7 Å². The van der Waals surface area contributed by atoms with Gasteiger partial charge in [-0.25, -0.2) is 14.4 Å². The molecule has 4 N–H and O–H groups in total. The Morgan fingerprint density at radius 1 is 1.19 bits per heavy atom. The number of benzene rings is 2. The molecule has 0 spiro atoms. The summed E-state index contributed by atoms with van der Waals surface area (Å²) in [7, 11) is 0. The third-order valence-electron chi connectivity index (χ3n) is 6.12. The van der Waals surface area contributed by atoms with Crippen LogP contribution in [0.15, 0.2) is 73.6 Å². The second-order valence-electron chi connectivity index (χ2n) is 8.56. The van der Waals surface area contributed by atoms with Gasteiger partial charge in [-0.3, -0.25) is 9.78 Å². The molecular weight excluding hydrogens is 475 g/mol. The van der Waals surface area contributed by atoms with Crippen molar-refractivity contribution < 1.29 is 19.0 Å². The molecule has 10 heteroatoms. The van der Waals surface area contributed by atoms with Gasteiger partial charge in [0.25, 0.3) is 0 Å². The SMILES string of the molecule is C=CC(=O)Nc1cccc(-c2c(F)ccc3cnc(Nc4ccc([C@]5(CO)CNCCO5)nc4)nc23)c1. The molecule has 0 bridgehead atoms. The maximum absolute atomic E-state index is 15.1. The summed E-state index contributed by atoms with van der Waals surface area (Å²) in [6.07, 6.45) is 4.39. The number of halogens is 1. The second kappa shape index (κ2) is 10.4. The average molecular weight is 501 g/mol. The van der Waals surface area contributed by atoms with E-state index in [4.69, 9.17) is 4.74 Å². The van der Waals surface area contributed by atoms with Crippen molar-refractivity contribution in [2.24, 2.45) is 0 Å². The summed E-state index contributed by atoms with van der Waals surface area (Å²) in [5.74, 6) is -0.552.